The molecule has 1 aromatic carbocycles. The summed E-state index contributed by atoms with van der Waals surface area (Å²) in [7, 11) is 0. The number of nitrogens with zero attached hydrogens (tertiary/aromatic N) is 1. The number of rotatable bonds is 12. The molecule has 34 heavy (non-hydrogen) atoms. The van der Waals surface area contributed by atoms with Gasteiger partial charge >= 0.3 is 6.09 Å². The monoisotopic (exact) mass is 491 g/mol. The fraction of sp³-hybridized carbons (Fsp3) is 0.654. The molecule has 0 spiro atoms. The Morgan fingerprint density at radius 3 is 2.35 bits per heavy atom. The van der Waals surface area contributed by atoms with Crippen LogP contribution >= 0.6 is 11.8 Å². The lowest BCUT2D eigenvalue weighted by Gasteiger charge is -2.34. The quantitative estimate of drug-likeness (QED) is 0.418. The Balaban J connectivity index is 2.36. The molecule has 0 radical (unpaired) electrons. The van der Waals surface area contributed by atoms with Crippen molar-refractivity contribution in [2.75, 3.05) is 18.6 Å². The van der Waals surface area contributed by atoms with Gasteiger partial charge in [-0.3, -0.25) is 9.59 Å². The van der Waals surface area contributed by atoms with Crippen molar-refractivity contribution in [2.45, 2.75) is 90.4 Å². The van der Waals surface area contributed by atoms with Gasteiger partial charge in [-0.1, -0.05) is 43.2 Å². The zero-order valence-corrected chi connectivity index (χ0v) is 22.3. The Bertz CT molecular complexity index is 818. The minimum Gasteiger partial charge on any atom is -0.444 e. The zero-order valence-electron chi connectivity index (χ0n) is 21.5. The van der Waals surface area contributed by atoms with Gasteiger partial charge < -0.3 is 20.3 Å². The fourth-order valence-electron chi connectivity index (χ4n) is 3.67. The normalized spacial score (nSPS) is 15.2. The number of aryl methyl sites for hydroxylation is 1. The summed E-state index contributed by atoms with van der Waals surface area (Å²) < 4.78 is 5.42. The lowest BCUT2D eigenvalue weighted by molar-refractivity contribution is -0.143. The van der Waals surface area contributed by atoms with Crippen molar-refractivity contribution in [2.24, 2.45) is 0 Å². The smallest absolute Gasteiger partial charge is 0.408 e. The molecule has 0 aliphatic heterocycles. The number of ether oxygens (including phenoxy) is 1. The molecule has 2 unspecified atom stereocenters. The summed E-state index contributed by atoms with van der Waals surface area (Å²) in [5, 5.41) is 5.80. The number of benzene rings is 1. The highest BCUT2D eigenvalue weighted by Crippen LogP contribution is 2.36. The molecule has 1 aliphatic rings. The minimum absolute atomic E-state index is 0.0204. The molecule has 2 atom stereocenters. The second-order valence-electron chi connectivity index (χ2n) is 9.91. The van der Waals surface area contributed by atoms with E-state index in [1.807, 2.05) is 37.4 Å². The first-order chi connectivity index (χ1) is 16.1. The maximum absolute atomic E-state index is 13.9. The maximum Gasteiger partial charge on any atom is 0.408 e. The third kappa shape index (κ3) is 8.85. The van der Waals surface area contributed by atoms with Crippen molar-refractivity contribution in [3.05, 3.63) is 35.4 Å². The third-order valence-corrected chi connectivity index (χ3v) is 6.19. The minimum atomic E-state index is -0.765. The second kappa shape index (κ2) is 13.0. The number of amides is 3. The number of carbonyl (C=O) groups is 3. The van der Waals surface area contributed by atoms with Crippen LogP contribution in [-0.2, 0) is 14.3 Å². The number of alkyl carbamates (subject to hydrolysis) is 1. The number of nitrogens with one attached hydrogen (secondary N) is 2. The maximum atomic E-state index is 13.9. The largest absolute Gasteiger partial charge is 0.444 e. The van der Waals surface area contributed by atoms with Crippen LogP contribution in [0.15, 0.2) is 24.3 Å². The molecule has 1 fully saturated rings. The number of carbonyl (C=O) groups excluding carboxylic acids is 3. The van der Waals surface area contributed by atoms with E-state index in [9.17, 15) is 14.4 Å². The van der Waals surface area contributed by atoms with Gasteiger partial charge in [0.1, 0.15) is 17.7 Å². The lowest BCUT2D eigenvalue weighted by atomic mass is 10.0. The van der Waals surface area contributed by atoms with Crippen molar-refractivity contribution >= 4 is 29.7 Å². The lowest BCUT2D eigenvalue weighted by Crippen LogP contribution is -2.54. The van der Waals surface area contributed by atoms with Crippen LogP contribution in [0.5, 0.6) is 0 Å². The van der Waals surface area contributed by atoms with Gasteiger partial charge in [-0.15, -0.1) is 0 Å². The Morgan fingerprint density at radius 2 is 1.82 bits per heavy atom. The molecule has 1 saturated carbocycles. The van der Waals surface area contributed by atoms with Crippen molar-refractivity contribution in [1.82, 2.24) is 15.5 Å². The van der Waals surface area contributed by atoms with E-state index in [-0.39, 0.29) is 17.9 Å². The molecule has 8 heteroatoms. The Kier molecular flexibility index (Phi) is 10.7. The molecule has 0 saturated heterocycles. The van der Waals surface area contributed by atoms with Gasteiger partial charge in [-0.25, -0.2) is 4.79 Å². The Hall–Kier alpha value is -2.22. The number of unbranched alkanes of at least 4 members (excludes halogenated alkanes) is 1. The van der Waals surface area contributed by atoms with E-state index in [4.69, 9.17) is 4.74 Å². The predicted octanol–water partition coefficient (Wildman–Crippen LogP) is 4.59. The number of hydrogen-bond donors (Lipinski definition) is 2. The van der Waals surface area contributed by atoms with Crippen molar-refractivity contribution < 1.29 is 19.1 Å². The van der Waals surface area contributed by atoms with Crippen LogP contribution in [0.4, 0.5) is 4.79 Å². The van der Waals surface area contributed by atoms with Crippen LogP contribution < -0.4 is 10.6 Å². The molecule has 190 valence electrons. The van der Waals surface area contributed by atoms with Crippen molar-refractivity contribution in [1.29, 1.82) is 0 Å². The van der Waals surface area contributed by atoms with Gasteiger partial charge in [0.15, 0.2) is 0 Å². The second-order valence-corrected chi connectivity index (χ2v) is 10.9. The van der Waals surface area contributed by atoms with Crippen LogP contribution in [0.3, 0.4) is 0 Å². The van der Waals surface area contributed by atoms with E-state index in [0.717, 1.165) is 36.8 Å². The van der Waals surface area contributed by atoms with Gasteiger partial charge in [0.2, 0.25) is 11.8 Å². The van der Waals surface area contributed by atoms with E-state index in [2.05, 4.69) is 17.6 Å². The summed E-state index contributed by atoms with van der Waals surface area (Å²) in [5.41, 5.74) is 1.19. The standard InChI is InChI=1S/C26H41N3O4S/c1-7-8-16-27-23(30)22(19-11-9-18(2)10-12-19)29(20-13-14-20)24(31)21(15-17-34-6)28-25(32)33-26(3,4)5/h9-12,20-22H,7-8,13-17H2,1-6H3,(H,27,30)(H,28,32). The molecule has 0 aromatic heterocycles. The average Bonchev–Trinajstić information content (AvgIpc) is 3.59. The zero-order chi connectivity index (χ0) is 25.3. The molecule has 2 rings (SSSR count). The summed E-state index contributed by atoms with van der Waals surface area (Å²) >= 11 is 1.61. The van der Waals surface area contributed by atoms with Gasteiger partial charge in [0.25, 0.3) is 0 Å². The summed E-state index contributed by atoms with van der Waals surface area (Å²) in [4.78, 5) is 41.6. The molecule has 0 heterocycles. The van der Waals surface area contributed by atoms with E-state index in [1.165, 1.54) is 0 Å². The Morgan fingerprint density at radius 1 is 1.18 bits per heavy atom. The third-order valence-electron chi connectivity index (χ3n) is 5.54. The van der Waals surface area contributed by atoms with E-state index >= 15 is 0 Å². The van der Waals surface area contributed by atoms with Gasteiger partial charge in [0.05, 0.1) is 0 Å². The molecule has 1 aromatic rings. The van der Waals surface area contributed by atoms with E-state index < -0.39 is 23.8 Å². The van der Waals surface area contributed by atoms with Gasteiger partial charge in [0, 0.05) is 12.6 Å². The van der Waals surface area contributed by atoms with Crippen LogP contribution in [0, 0.1) is 6.92 Å². The summed E-state index contributed by atoms with van der Waals surface area (Å²) in [5.74, 6) is 0.278. The number of thioether (sulfide) groups is 1. The highest BCUT2D eigenvalue weighted by Gasteiger charge is 2.43. The highest BCUT2D eigenvalue weighted by atomic mass is 32.2. The Labute approximate surface area is 208 Å². The van der Waals surface area contributed by atoms with E-state index in [1.54, 1.807) is 37.4 Å². The van der Waals surface area contributed by atoms with Crippen LogP contribution in [0.2, 0.25) is 0 Å². The van der Waals surface area contributed by atoms with Crippen LogP contribution in [0.1, 0.15) is 77.0 Å². The SMILES string of the molecule is CCCCNC(=O)C(c1ccc(C)cc1)N(C(=O)C(CCSC)NC(=O)OC(C)(C)C)C1CC1. The average molecular weight is 492 g/mol. The molecule has 1 aliphatic carbocycles. The topological polar surface area (TPSA) is 87.7 Å². The first kappa shape index (κ1) is 28.0. The molecular weight excluding hydrogens is 450 g/mol. The van der Waals surface area contributed by atoms with Crippen LogP contribution in [0.25, 0.3) is 0 Å². The first-order valence-electron chi connectivity index (χ1n) is 12.2. The molecule has 3 amide bonds. The van der Waals surface area contributed by atoms with Crippen LogP contribution in [-0.4, -0.2) is 59.0 Å². The molecule has 7 nitrogen and oxygen atoms in total. The molecular formula is C26H41N3O4S. The fourth-order valence-corrected chi connectivity index (χ4v) is 4.14. The van der Waals surface area contributed by atoms with Gasteiger partial charge in [-0.05, 0) is 71.0 Å². The summed E-state index contributed by atoms with van der Waals surface area (Å²) in [6.45, 7) is 9.99. The summed E-state index contributed by atoms with van der Waals surface area (Å²) in [6, 6.07) is 6.23. The molecule has 0 bridgehead atoms. The predicted molar refractivity (Wildman–Crippen MR) is 138 cm³/mol. The van der Waals surface area contributed by atoms with E-state index in [0.29, 0.717) is 18.7 Å². The first-order valence-corrected chi connectivity index (χ1v) is 13.6. The summed E-state index contributed by atoms with van der Waals surface area (Å²) in [6.07, 6.45) is 5.33. The van der Waals surface area contributed by atoms with Crippen molar-refractivity contribution in [3.8, 4) is 0 Å². The van der Waals surface area contributed by atoms with Crippen molar-refractivity contribution in [3.63, 3.8) is 0 Å². The highest BCUT2D eigenvalue weighted by molar-refractivity contribution is 7.98. The molecule has 2 N–H and O–H groups in total. The van der Waals surface area contributed by atoms with Gasteiger partial charge in [-0.2, -0.15) is 11.8 Å². The number of hydrogen-bond acceptors (Lipinski definition) is 5.